The summed E-state index contributed by atoms with van der Waals surface area (Å²) in [6.45, 7) is 11.7. The van der Waals surface area contributed by atoms with Crippen LogP contribution in [0.1, 0.15) is 72.6 Å². The number of nitrogens with zero attached hydrogens (tertiary/aromatic N) is 1. The molecule has 2 nitrogen and oxygen atoms in total. The molecule has 0 aromatic carbocycles. The minimum absolute atomic E-state index is 0.597. The fourth-order valence-electron chi connectivity index (χ4n) is 3.06. The van der Waals surface area contributed by atoms with Crippen LogP contribution in [0.25, 0.3) is 0 Å². The lowest BCUT2D eigenvalue weighted by molar-refractivity contribution is 0.126. The van der Waals surface area contributed by atoms with Crippen LogP contribution in [-0.4, -0.2) is 37.1 Å². The van der Waals surface area contributed by atoms with Gasteiger partial charge in [0, 0.05) is 12.1 Å². The zero-order valence-electron chi connectivity index (χ0n) is 14.0. The average molecular weight is 268 g/mol. The molecule has 0 radical (unpaired) electrons. The summed E-state index contributed by atoms with van der Waals surface area (Å²) in [4.78, 5) is 2.62. The van der Waals surface area contributed by atoms with Crippen molar-refractivity contribution in [3.8, 4) is 0 Å². The molecular weight excluding hydrogens is 232 g/mol. The van der Waals surface area contributed by atoms with Gasteiger partial charge in [0.2, 0.25) is 0 Å². The van der Waals surface area contributed by atoms with Crippen LogP contribution in [0.3, 0.4) is 0 Å². The normalized spacial score (nSPS) is 20.4. The van der Waals surface area contributed by atoms with Crippen molar-refractivity contribution in [3.63, 3.8) is 0 Å². The number of hydrogen-bond donors (Lipinski definition) is 1. The quantitative estimate of drug-likeness (QED) is 0.668. The summed E-state index contributed by atoms with van der Waals surface area (Å²) in [6, 6.07) is 1.48. The molecule has 0 bridgehead atoms. The Morgan fingerprint density at radius 1 is 1.11 bits per heavy atom. The molecule has 1 N–H and O–H groups in total. The third-order valence-corrected chi connectivity index (χ3v) is 4.67. The second-order valence-corrected chi connectivity index (χ2v) is 7.55. The van der Waals surface area contributed by atoms with Crippen LogP contribution in [0, 0.1) is 5.41 Å². The lowest BCUT2D eigenvalue weighted by Crippen LogP contribution is -2.37. The first-order valence-corrected chi connectivity index (χ1v) is 8.34. The van der Waals surface area contributed by atoms with Crippen molar-refractivity contribution < 1.29 is 0 Å². The van der Waals surface area contributed by atoms with Crippen molar-refractivity contribution in [1.29, 1.82) is 0 Å². The fraction of sp³-hybridized carbons (Fsp3) is 1.00. The van der Waals surface area contributed by atoms with Crippen molar-refractivity contribution >= 4 is 0 Å². The molecule has 0 aromatic rings. The first kappa shape index (κ1) is 17.0. The SMILES string of the molecule is CC(C)NCCCCCN(C)C1CCC(C)(C)CC1. The zero-order chi connectivity index (χ0) is 14.3. The Balaban J connectivity index is 2.03. The van der Waals surface area contributed by atoms with Crippen molar-refractivity contribution in [1.82, 2.24) is 10.2 Å². The smallest absolute Gasteiger partial charge is 0.00926 e. The Labute approximate surface area is 121 Å². The monoisotopic (exact) mass is 268 g/mol. The van der Waals surface area contributed by atoms with Gasteiger partial charge in [-0.05, 0) is 64.1 Å². The van der Waals surface area contributed by atoms with E-state index in [0.717, 1.165) is 6.04 Å². The summed E-state index contributed by atoms with van der Waals surface area (Å²) < 4.78 is 0. The van der Waals surface area contributed by atoms with E-state index in [2.05, 4.69) is 45.0 Å². The molecule has 1 rings (SSSR count). The summed E-state index contributed by atoms with van der Waals surface area (Å²) in [7, 11) is 2.33. The minimum atomic E-state index is 0.597. The van der Waals surface area contributed by atoms with Gasteiger partial charge in [0.15, 0.2) is 0 Å². The van der Waals surface area contributed by atoms with Crippen LogP contribution in [0.4, 0.5) is 0 Å². The Bertz CT molecular complexity index is 225. The maximum absolute atomic E-state index is 3.49. The highest BCUT2D eigenvalue weighted by molar-refractivity contribution is 4.82. The van der Waals surface area contributed by atoms with Crippen molar-refractivity contribution in [2.75, 3.05) is 20.1 Å². The summed E-state index contributed by atoms with van der Waals surface area (Å²) in [5, 5.41) is 3.49. The maximum atomic E-state index is 3.49. The molecule has 0 aromatic heterocycles. The molecule has 1 aliphatic carbocycles. The predicted octanol–water partition coefficient (Wildman–Crippen LogP) is 4.06. The Hall–Kier alpha value is -0.0800. The molecule has 1 aliphatic rings. The number of rotatable bonds is 8. The predicted molar refractivity (Wildman–Crippen MR) is 85.7 cm³/mol. The first-order valence-electron chi connectivity index (χ1n) is 8.34. The van der Waals surface area contributed by atoms with Gasteiger partial charge in [-0.3, -0.25) is 0 Å². The van der Waals surface area contributed by atoms with Gasteiger partial charge in [-0.15, -0.1) is 0 Å². The average Bonchev–Trinajstić information content (AvgIpc) is 2.32. The summed E-state index contributed by atoms with van der Waals surface area (Å²) in [6.07, 6.45) is 9.65. The van der Waals surface area contributed by atoms with Crippen LogP contribution < -0.4 is 5.32 Å². The minimum Gasteiger partial charge on any atom is -0.315 e. The fourth-order valence-corrected chi connectivity index (χ4v) is 3.06. The van der Waals surface area contributed by atoms with Crippen LogP contribution in [-0.2, 0) is 0 Å². The molecule has 0 heterocycles. The van der Waals surface area contributed by atoms with Crippen LogP contribution in [0.5, 0.6) is 0 Å². The molecule has 0 spiro atoms. The van der Waals surface area contributed by atoms with E-state index in [1.807, 2.05) is 0 Å². The molecule has 1 fully saturated rings. The molecule has 0 aliphatic heterocycles. The molecule has 114 valence electrons. The van der Waals surface area contributed by atoms with E-state index in [4.69, 9.17) is 0 Å². The van der Waals surface area contributed by atoms with Crippen molar-refractivity contribution in [2.24, 2.45) is 5.41 Å². The highest BCUT2D eigenvalue weighted by Gasteiger charge is 2.28. The lowest BCUT2D eigenvalue weighted by atomic mass is 9.75. The van der Waals surface area contributed by atoms with Gasteiger partial charge in [-0.1, -0.05) is 34.1 Å². The van der Waals surface area contributed by atoms with Gasteiger partial charge in [-0.2, -0.15) is 0 Å². The van der Waals surface area contributed by atoms with Gasteiger partial charge < -0.3 is 10.2 Å². The van der Waals surface area contributed by atoms with E-state index in [0.29, 0.717) is 11.5 Å². The van der Waals surface area contributed by atoms with Crippen molar-refractivity contribution in [2.45, 2.75) is 84.7 Å². The van der Waals surface area contributed by atoms with Crippen molar-refractivity contribution in [3.05, 3.63) is 0 Å². The summed E-state index contributed by atoms with van der Waals surface area (Å²) >= 11 is 0. The van der Waals surface area contributed by atoms with Crippen LogP contribution in [0.2, 0.25) is 0 Å². The van der Waals surface area contributed by atoms with E-state index in [1.54, 1.807) is 0 Å². The number of hydrogen-bond acceptors (Lipinski definition) is 2. The molecule has 19 heavy (non-hydrogen) atoms. The molecule has 0 saturated heterocycles. The standard InChI is InChI=1S/C17H36N2/c1-15(2)18-13-7-6-8-14-19(5)16-9-11-17(3,4)12-10-16/h15-16,18H,6-14H2,1-5H3. The second-order valence-electron chi connectivity index (χ2n) is 7.55. The Morgan fingerprint density at radius 3 is 2.32 bits per heavy atom. The molecule has 0 unspecified atom stereocenters. The van der Waals surface area contributed by atoms with Gasteiger partial charge >= 0.3 is 0 Å². The van der Waals surface area contributed by atoms with E-state index in [1.165, 1.54) is 58.0 Å². The largest absolute Gasteiger partial charge is 0.315 e. The van der Waals surface area contributed by atoms with Gasteiger partial charge in [0.1, 0.15) is 0 Å². The van der Waals surface area contributed by atoms with Crippen LogP contribution >= 0.6 is 0 Å². The van der Waals surface area contributed by atoms with E-state index in [-0.39, 0.29) is 0 Å². The maximum Gasteiger partial charge on any atom is 0.00926 e. The van der Waals surface area contributed by atoms with Crippen LogP contribution in [0.15, 0.2) is 0 Å². The Kier molecular flexibility index (Phi) is 7.38. The zero-order valence-corrected chi connectivity index (χ0v) is 14.0. The van der Waals surface area contributed by atoms with Gasteiger partial charge in [0.05, 0.1) is 0 Å². The van der Waals surface area contributed by atoms with E-state index < -0.39 is 0 Å². The van der Waals surface area contributed by atoms with E-state index in [9.17, 15) is 0 Å². The lowest BCUT2D eigenvalue weighted by Gasteiger charge is -2.38. The molecule has 0 atom stereocenters. The third-order valence-electron chi connectivity index (χ3n) is 4.67. The Morgan fingerprint density at radius 2 is 1.74 bits per heavy atom. The molecular formula is C17H36N2. The first-order chi connectivity index (χ1) is 8.91. The molecule has 0 amide bonds. The third kappa shape index (κ3) is 7.31. The molecule has 2 heteroatoms. The molecule has 1 saturated carbocycles. The topological polar surface area (TPSA) is 15.3 Å². The van der Waals surface area contributed by atoms with Gasteiger partial charge in [0.25, 0.3) is 0 Å². The summed E-state index contributed by atoms with van der Waals surface area (Å²) in [5.74, 6) is 0. The second kappa shape index (κ2) is 8.26. The van der Waals surface area contributed by atoms with Gasteiger partial charge in [-0.25, -0.2) is 0 Å². The highest BCUT2D eigenvalue weighted by Crippen LogP contribution is 2.36. The van der Waals surface area contributed by atoms with E-state index >= 15 is 0 Å². The highest BCUT2D eigenvalue weighted by atomic mass is 15.1. The number of nitrogens with one attached hydrogen (secondary N) is 1. The number of unbranched alkanes of at least 4 members (excludes halogenated alkanes) is 2. The summed E-state index contributed by atoms with van der Waals surface area (Å²) in [5.41, 5.74) is 0.597.